The van der Waals surface area contributed by atoms with Crippen molar-refractivity contribution in [1.82, 2.24) is 10.3 Å². The number of hydrogen-bond donors (Lipinski definition) is 2. The summed E-state index contributed by atoms with van der Waals surface area (Å²) in [5.41, 5.74) is 4.40. The molecule has 100 valence electrons. The van der Waals surface area contributed by atoms with Gasteiger partial charge in [-0.25, -0.2) is 5.84 Å². The SMILES string of the molecule is CCC(C)N(C)Cc1ccccc1CC(=O)NN. The van der Waals surface area contributed by atoms with Crippen molar-refractivity contribution in [1.29, 1.82) is 0 Å². The van der Waals surface area contributed by atoms with E-state index in [1.165, 1.54) is 5.56 Å². The van der Waals surface area contributed by atoms with Gasteiger partial charge in [0.25, 0.3) is 0 Å². The van der Waals surface area contributed by atoms with Gasteiger partial charge in [0.1, 0.15) is 0 Å². The zero-order valence-electron chi connectivity index (χ0n) is 11.4. The first-order valence-electron chi connectivity index (χ1n) is 6.35. The van der Waals surface area contributed by atoms with E-state index < -0.39 is 0 Å². The monoisotopic (exact) mass is 249 g/mol. The summed E-state index contributed by atoms with van der Waals surface area (Å²) in [6.07, 6.45) is 1.45. The second kappa shape index (κ2) is 7.13. The van der Waals surface area contributed by atoms with Crippen LogP contribution in [-0.4, -0.2) is 23.9 Å². The van der Waals surface area contributed by atoms with Crippen LogP contribution in [0.2, 0.25) is 0 Å². The lowest BCUT2D eigenvalue weighted by molar-refractivity contribution is -0.120. The van der Waals surface area contributed by atoms with E-state index in [-0.39, 0.29) is 5.91 Å². The summed E-state index contributed by atoms with van der Waals surface area (Å²) in [5, 5.41) is 0. The molecule has 0 aliphatic carbocycles. The highest BCUT2D eigenvalue weighted by atomic mass is 16.2. The molecule has 1 unspecified atom stereocenters. The highest BCUT2D eigenvalue weighted by molar-refractivity contribution is 5.78. The van der Waals surface area contributed by atoms with Gasteiger partial charge >= 0.3 is 0 Å². The van der Waals surface area contributed by atoms with E-state index in [0.29, 0.717) is 12.5 Å². The van der Waals surface area contributed by atoms with Crippen LogP contribution in [0.3, 0.4) is 0 Å². The number of nitrogens with two attached hydrogens (primary N) is 1. The second-order valence-electron chi connectivity index (χ2n) is 4.69. The average Bonchev–Trinajstić information content (AvgIpc) is 2.39. The van der Waals surface area contributed by atoms with Gasteiger partial charge in [-0.1, -0.05) is 31.2 Å². The molecule has 0 aromatic heterocycles. The van der Waals surface area contributed by atoms with Crippen LogP contribution in [0, 0.1) is 0 Å². The van der Waals surface area contributed by atoms with Crippen LogP contribution < -0.4 is 11.3 Å². The standard InChI is InChI=1S/C14H23N3O/c1-4-11(2)17(3)10-13-8-6-5-7-12(13)9-14(18)16-15/h5-8,11H,4,9-10,15H2,1-3H3,(H,16,18). The molecule has 18 heavy (non-hydrogen) atoms. The summed E-state index contributed by atoms with van der Waals surface area (Å²) < 4.78 is 0. The van der Waals surface area contributed by atoms with Gasteiger partial charge in [-0.3, -0.25) is 15.1 Å². The van der Waals surface area contributed by atoms with E-state index >= 15 is 0 Å². The molecule has 1 rings (SSSR count). The zero-order valence-corrected chi connectivity index (χ0v) is 11.4. The molecule has 0 aliphatic heterocycles. The van der Waals surface area contributed by atoms with E-state index in [1.807, 2.05) is 18.2 Å². The lowest BCUT2D eigenvalue weighted by Crippen LogP contribution is -2.32. The number of nitrogens with one attached hydrogen (secondary N) is 1. The Morgan fingerprint density at radius 3 is 2.56 bits per heavy atom. The van der Waals surface area contributed by atoms with Crippen molar-refractivity contribution >= 4 is 5.91 Å². The van der Waals surface area contributed by atoms with E-state index in [9.17, 15) is 4.79 Å². The third-order valence-corrected chi connectivity index (χ3v) is 3.39. The number of carbonyl (C=O) groups is 1. The van der Waals surface area contributed by atoms with E-state index in [4.69, 9.17) is 5.84 Å². The number of rotatable bonds is 6. The van der Waals surface area contributed by atoms with Crippen molar-refractivity contribution in [2.75, 3.05) is 7.05 Å². The Labute approximate surface area is 109 Å². The predicted molar refractivity (Wildman–Crippen MR) is 73.7 cm³/mol. The largest absolute Gasteiger partial charge is 0.299 e. The quantitative estimate of drug-likeness (QED) is 0.456. The summed E-state index contributed by atoms with van der Waals surface area (Å²) in [6, 6.07) is 8.53. The molecule has 1 aromatic carbocycles. The van der Waals surface area contributed by atoms with Crippen molar-refractivity contribution in [2.45, 2.75) is 39.3 Å². The van der Waals surface area contributed by atoms with E-state index in [0.717, 1.165) is 18.5 Å². The fourth-order valence-corrected chi connectivity index (χ4v) is 1.84. The second-order valence-corrected chi connectivity index (χ2v) is 4.69. The highest BCUT2D eigenvalue weighted by Gasteiger charge is 2.11. The van der Waals surface area contributed by atoms with Crippen molar-refractivity contribution in [3.8, 4) is 0 Å². The smallest absolute Gasteiger partial charge is 0.238 e. The molecule has 0 aliphatic rings. The molecule has 4 heteroatoms. The molecule has 0 spiro atoms. The maximum absolute atomic E-state index is 11.4. The molecule has 1 aromatic rings. The maximum atomic E-state index is 11.4. The number of amides is 1. The van der Waals surface area contributed by atoms with Gasteiger partial charge in [0, 0.05) is 12.6 Å². The Hall–Kier alpha value is -1.39. The number of nitrogens with zero attached hydrogens (tertiary/aromatic N) is 1. The van der Waals surface area contributed by atoms with Crippen LogP contribution in [0.1, 0.15) is 31.4 Å². The van der Waals surface area contributed by atoms with Gasteiger partial charge in [0.15, 0.2) is 0 Å². The van der Waals surface area contributed by atoms with Gasteiger partial charge in [-0.05, 0) is 31.5 Å². The molecule has 1 amide bonds. The minimum atomic E-state index is -0.159. The number of hydrazine groups is 1. The highest BCUT2D eigenvalue weighted by Crippen LogP contribution is 2.14. The number of benzene rings is 1. The molecule has 0 saturated heterocycles. The van der Waals surface area contributed by atoms with E-state index in [2.05, 4.69) is 37.3 Å². The van der Waals surface area contributed by atoms with Gasteiger partial charge in [0.05, 0.1) is 6.42 Å². The molecule has 0 heterocycles. The molecular formula is C14H23N3O. The average molecular weight is 249 g/mol. The minimum Gasteiger partial charge on any atom is -0.299 e. The molecule has 4 nitrogen and oxygen atoms in total. The predicted octanol–water partition coefficient (Wildman–Crippen LogP) is 1.45. The van der Waals surface area contributed by atoms with Crippen LogP contribution in [-0.2, 0) is 17.8 Å². The van der Waals surface area contributed by atoms with Crippen LogP contribution >= 0.6 is 0 Å². The van der Waals surface area contributed by atoms with Gasteiger partial charge in [-0.2, -0.15) is 0 Å². The summed E-state index contributed by atoms with van der Waals surface area (Å²) >= 11 is 0. The maximum Gasteiger partial charge on any atom is 0.238 e. The fraction of sp³-hybridized carbons (Fsp3) is 0.500. The van der Waals surface area contributed by atoms with E-state index in [1.54, 1.807) is 0 Å². The Morgan fingerprint density at radius 1 is 1.39 bits per heavy atom. The van der Waals surface area contributed by atoms with Crippen molar-refractivity contribution < 1.29 is 4.79 Å². The number of hydrogen-bond acceptors (Lipinski definition) is 3. The van der Waals surface area contributed by atoms with Crippen molar-refractivity contribution in [3.05, 3.63) is 35.4 Å². The summed E-state index contributed by atoms with van der Waals surface area (Å²) in [6.45, 7) is 5.23. The lowest BCUT2D eigenvalue weighted by Gasteiger charge is -2.24. The van der Waals surface area contributed by atoms with Crippen LogP contribution in [0.5, 0.6) is 0 Å². The van der Waals surface area contributed by atoms with Crippen molar-refractivity contribution in [2.24, 2.45) is 5.84 Å². The minimum absolute atomic E-state index is 0.159. The molecule has 0 saturated carbocycles. The topological polar surface area (TPSA) is 58.4 Å². The van der Waals surface area contributed by atoms with Gasteiger partial charge in [-0.15, -0.1) is 0 Å². The third-order valence-electron chi connectivity index (χ3n) is 3.39. The van der Waals surface area contributed by atoms with Gasteiger partial charge < -0.3 is 0 Å². The zero-order chi connectivity index (χ0) is 13.5. The summed E-state index contributed by atoms with van der Waals surface area (Å²) in [4.78, 5) is 13.7. The Bertz CT molecular complexity index is 392. The van der Waals surface area contributed by atoms with Crippen molar-refractivity contribution in [3.63, 3.8) is 0 Å². The molecule has 3 N–H and O–H groups in total. The number of carbonyl (C=O) groups excluding carboxylic acids is 1. The third kappa shape index (κ3) is 4.13. The Kier molecular flexibility index (Phi) is 5.82. The molecular weight excluding hydrogens is 226 g/mol. The Morgan fingerprint density at radius 2 is 2.00 bits per heavy atom. The lowest BCUT2D eigenvalue weighted by atomic mass is 10.0. The summed E-state index contributed by atoms with van der Waals surface area (Å²) in [5.74, 6) is 4.97. The molecule has 0 fully saturated rings. The molecule has 1 atom stereocenters. The van der Waals surface area contributed by atoms with Crippen LogP contribution in [0.15, 0.2) is 24.3 Å². The van der Waals surface area contributed by atoms with Gasteiger partial charge in [0.2, 0.25) is 5.91 Å². The summed E-state index contributed by atoms with van der Waals surface area (Å²) in [7, 11) is 2.11. The molecule has 0 bridgehead atoms. The fourth-order valence-electron chi connectivity index (χ4n) is 1.84. The normalized spacial score (nSPS) is 12.5. The molecule has 0 radical (unpaired) electrons. The first kappa shape index (κ1) is 14.7. The first-order valence-corrected chi connectivity index (χ1v) is 6.35. The Balaban J connectivity index is 2.78. The first-order chi connectivity index (χ1) is 8.58. The van der Waals surface area contributed by atoms with Crippen LogP contribution in [0.25, 0.3) is 0 Å². The van der Waals surface area contributed by atoms with Crippen LogP contribution in [0.4, 0.5) is 0 Å².